The Morgan fingerprint density at radius 3 is 2.21 bits per heavy atom. The van der Waals surface area contributed by atoms with Crippen LogP contribution in [0.3, 0.4) is 0 Å². The van der Waals surface area contributed by atoms with Crippen molar-refractivity contribution in [3.63, 3.8) is 0 Å². The monoisotopic (exact) mass is 473 g/mol. The highest BCUT2D eigenvalue weighted by Crippen LogP contribution is 2.32. The van der Waals surface area contributed by atoms with Crippen LogP contribution in [0, 0.1) is 23.6 Å². The third-order valence-electron chi connectivity index (χ3n) is 7.70. The normalized spacial score (nSPS) is 22.0. The fraction of sp³-hybridized carbons (Fsp3) is 0.714. The molecule has 0 bridgehead atoms. The molecule has 34 heavy (non-hydrogen) atoms. The largest absolute Gasteiger partial charge is 0.368 e. The van der Waals surface area contributed by atoms with Gasteiger partial charge >= 0.3 is 0 Å². The lowest BCUT2D eigenvalue weighted by atomic mass is 9.79. The lowest BCUT2D eigenvalue weighted by Crippen LogP contribution is -2.57. The van der Waals surface area contributed by atoms with Crippen LogP contribution < -0.4 is 10.2 Å². The van der Waals surface area contributed by atoms with Gasteiger partial charge in [-0.15, -0.1) is 0 Å². The molecule has 0 aromatic heterocycles. The van der Waals surface area contributed by atoms with Crippen molar-refractivity contribution in [3.05, 3.63) is 30.1 Å². The number of amides is 2. The van der Waals surface area contributed by atoms with Gasteiger partial charge in [0.2, 0.25) is 11.8 Å². The topological polar surface area (TPSA) is 52.7 Å². The molecule has 2 amide bonds. The molecule has 1 N–H and O–H groups in total. The summed E-state index contributed by atoms with van der Waals surface area (Å²) in [7, 11) is 0. The van der Waals surface area contributed by atoms with Gasteiger partial charge in [0.1, 0.15) is 11.9 Å². The molecule has 1 saturated carbocycles. The van der Waals surface area contributed by atoms with Gasteiger partial charge in [-0.05, 0) is 61.8 Å². The number of nitrogens with one attached hydrogen (secondary N) is 1. The molecule has 3 rings (SSSR count). The van der Waals surface area contributed by atoms with Gasteiger partial charge in [0.05, 0.1) is 0 Å². The van der Waals surface area contributed by atoms with Crippen LogP contribution >= 0.6 is 0 Å². The second-order valence-electron chi connectivity index (χ2n) is 10.6. The van der Waals surface area contributed by atoms with E-state index in [1.807, 2.05) is 18.7 Å². The van der Waals surface area contributed by atoms with Crippen LogP contribution in [0.15, 0.2) is 24.3 Å². The van der Waals surface area contributed by atoms with E-state index in [1.54, 1.807) is 12.1 Å². The Morgan fingerprint density at radius 1 is 0.971 bits per heavy atom. The molecular weight excluding hydrogens is 429 g/mol. The minimum absolute atomic E-state index is 0.0201. The number of carbonyl (C=O) groups excluding carboxylic acids is 2. The van der Waals surface area contributed by atoms with Crippen LogP contribution in [0.25, 0.3) is 0 Å². The molecule has 2 fully saturated rings. The molecule has 6 heteroatoms. The van der Waals surface area contributed by atoms with Crippen molar-refractivity contribution in [2.75, 3.05) is 31.1 Å². The van der Waals surface area contributed by atoms with Crippen molar-refractivity contribution in [2.24, 2.45) is 17.8 Å². The first-order valence-electron chi connectivity index (χ1n) is 13.5. The molecule has 1 heterocycles. The Bertz CT molecular complexity index is 766. The van der Waals surface area contributed by atoms with Gasteiger partial charge in [0.15, 0.2) is 0 Å². The van der Waals surface area contributed by atoms with Crippen LogP contribution in [-0.4, -0.2) is 48.9 Å². The zero-order valence-corrected chi connectivity index (χ0v) is 21.4. The molecule has 2 aliphatic rings. The van der Waals surface area contributed by atoms with E-state index in [4.69, 9.17) is 0 Å². The maximum atomic E-state index is 13.3. The first-order chi connectivity index (χ1) is 16.4. The quantitative estimate of drug-likeness (QED) is 0.464. The van der Waals surface area contributed by atoms with Crippen molar-refractivity contribution >= 4 is 17.5 Å². The first-order valence-corrected chi connectivity index (χ1v) is 13.5. The highest BCUT2D eigenvalue weighted by atomic mass is 19.1. The number of anilines is 1. The number of hydrogen-bond acceptors (Lipinski definition) is 3. The Hall–Kier alpha value is -2.11. The summed E-state index contributed by atoms with van der Waals surface area (Å²) in [6.07, 6.45) is 10.7. The highest BCUT2D eigenvalue weighted by molar-refractivity contribution is 5.89. The molecule has 0 spiro atoms. The second-order valence-corrected chi connectivity index (χ2v) is 10.6. The molecular formula is C28H44FN3O2. The van der Waals surface area contributed by atoms with Gasteiger partial charge in [-0.25, -0.2) is 4.39 Å². The number of rotatable bonds is 10. The van der Waals surface area contributed by atoms with E-state index < -0.39 is 6.04 Å². The summed E-state index contributed by atoms with van der Waals surface area (Å²) < 4.78 is 13.2. The van der Waals surface area contributed by atoms with E-state index in [-0.39, 0.29) is 29.5 Å². The average Bonchev–Trinajstić information content (AvgIpc) is 2.85. The third kappa shape index (κ3) is 7.44. The van der Waals surface area contributed by atoms with Crippen molar-refractivity contribution in [3.8, 4) is 0 Å². The summed E-state index contributed by atoms with van der Waals surface area (Å²) in [5, 5.41) is 3.12. The Balaban J connectivity index is 1.46. The van der Waals surface area contributed by atoms with Crippen LogP contribution in [0.4, 0.5) is 10.1 Å². The average molecular weight is 474 g/mol. The van der Waals surface area contributed by atoms with E-state index >= 15 is 0 Å². The number of benzene rings is 1. The van der Waals surface area contributed by atoms with E-state index in [1.165, 1.54) is 44.2 Å². The number of piperazine rings is 1. The van der Waals surface area contributed by atoms with Crippen molar-refractivity contribution in [2.45, 2.75) is 84.6 Å². The van der Waals surface area contributed by atoms with Gasteiger partial charge in [-0.1, -0.05) is 52.9 Å². The van der Waals surface area contributed by atoms with Gasteiger partial charge in [-0.3, -0.25) is 9.59 Å². The number of unbranched alkanes of at least 4 members (excludes halogenated alkanes) is 3. The first kappa shape index (κ1) is 26.5. The molecule has 1 aliphatic carbocycles. The predicted octanol–water partition coefficient (Wildman–Crippen LogP) is 5.39. The molecule has 1 aromatic carbocycles. The van der Waals surface area contributed by atoms with Crippen LogP contribution in [0.5, 0.6) is 0 Å². The van der Waals surface area contributed by atoms with Crippen LogP contribution in [-0.2, 0) is 9.59 Å². The maximum absolute atomic E-state index is 13.3. The van der Waals surface area contributed by atoms with Crippen LogP contribution in [0.2, 0.25) is 0 Å². The minimum atomic E-state index is -0.475. The summed E-state index contributed by atoms with van der Waals surface area (Å²) in [5.74, 6) is 0.681. The summed E-state index contributed by atoms with van der Waals surface area (Å²) >= 11 is 0. The van der Waals surface area contributed by atoms with Gasteiger partial charge < -0.3 is 15.1 Å². The lowest BCUT2D eigenvalue weighted by Gasteiger charge is -2.38. The molecule has 190 valence electrons. The fourth-order valence-corrected chi connectivity index (χ4v) is 5.39. The van der Waals surface area contributed by atoms with Crippen molar-refractivity contribution in [1.29, 1.82) is 0 Å². The summed E-state index contributed by atoms with van der Waals surface area (Å²) in [4.78, 5) is 30.4. The number of nitrogens with zero attached hydrogens (tertiary/aromatic N) is 2. The minimum Gasteiger partial charge on any atom is -0.368 e. The van der Waals surface area contributed by atoms with E-state index in [0.29, 0.717) is 26.2 Å². The smallest absolute Gasteiger partial charge is 0.245 e. The number of halogens is 1. The van der Waals surface area contributed by atoms with Crippen molar-refractivity contribution in [1.82, 2.24) is 10.2 Å². The molecule has 5 nitrogen and oxygen atoms in total. The molecule has 1 atom stereocenters. The second kappa shape index (κ2) is 13.1. The SMILES string of the molecule is CCCCCCC1CCC(C(=O)NC(C(=O)N2CCN(c3ccc(F)cc3)CC2)C(C)C)CC1. The summed E-state index contributed by atoms with van der Waals surface area (Å²) in [6, 6.07) is 6.03. The predicted molar refractivity (Wildman–Crippen MR) is 136 cm³/mol. The molecule has 1 unspecified atom stereocenters. The molecule has 1 saturated heterocycles. The summed E-state index contributed by atoms with van der Waals surface area (Å²) in [5.41, 5.74) is 0.975. The zero-order valence-electron chi connectivity index (χ0n) is 21.4. The van der Waals surface area contributed by atoms with E-state index in [0.717, 1.165) is 37.3 Å². The molecule has 1 aliphatic heterocycles. The highest BCUT2D eigenvalue weighted by Gasteiger charge is 2.33. The fourth-order valence-electron chi connectivity index (χ4n) is 5.39. The van der Waals surface area contributed by atoms with E-state index in [9.17, 15) is 14.0 Å². The Kier molecular flexibility index (Phi) is 10.2. The lowest BCUT2D eigenvalue weighted by molar-refractivity contribution is -0.139. The number of carbonyl (C=O) groups is 2. The zero-order chi connectivity index (χ0) is 24.5. The van der Waals surface area contributed by atoms with Gasteiger partial charge in [0.25, 0.3) is 0 Å². The number of hydrogen-bond donors (Lipinski definition) is 1. The Labute approximate surface area is 205 Å². The maximum Gasteiger partial charge on any atom is 0.245 e. The Morgan fingerprint density at radius 2 is 1.62 bits per heavy atom. The third-order valence-corrected chi connectivity index (χ3v) is 7.70. The van der Waals surface area contributed by atoms with Crippen LogP contribution in [0.1, 0.15) is 78.6 Å². The van der Waals surface area contributed by atoms with Gasteiger partial charge in [0, 0.05) is 37.8 Å². The standard InChI is InChI=1S/C28H44FN3O2/c1-4-5-6-7-8-22-9-11-23(12-10-22)27(33)30-26(21(2)3)28(34)32-19-17-31(18-20-32)25-15-13-24(29)14-16-25/h13-16,21-23,26H,4-12,17-20H2,1-3H3,(H,30,33). The van der Waals surface area contributed by atoms with E-state index in [2.05, 4.69) is 17.1 Å². The summed E-state index contributed by atoms with van der Waals surface area (Å²) in [6.45, 7) is 8.89. The molecule has 0 radical (unpaired) electrons. The van der Waals surface area contributed by atoms with Crippen molar-refractivity contribution < 1.29 is 14.0 Å². The molecule has 1 aromatic rings. The van der Waals surface area contributed by atoms with Gasteiger partial charge in [-0.2, -0.15) is 0 Å².